The van der Waals surface area contributed by atoms with Crippen LogP contribution in [0.25, 0.3) is 11.0 Å². The van der Waals surface area contributed by atoms with Crippen LogP contribution in [0.15, 0.2) is 69.0 Å². The molecule has 0 unspecified atom stereocenters. The van der Waals surface area contributed by atoms with Gasteiger partial charge in [-0.25, -0.2) is 14.6 Å². The van der Waals surface area contributed by atoms with E-state index in [1.165, 1.54) is 6.07 Å². The lowest BCUT2D eigenvalue weighted by atomic mass is 9.61. The van der Waals surface area contributed by atoms with E-state index in [2.05, 4.69) is 16.4 Å². The van der Waals surface area contributed by atoms with Crippen molar-refractivity contribution in [3.05, 3.63) is 86.9 Å². The number of aliphatic hydroxyl groups is 1. The molecule has 14 heteroatoms. The summed E-state index contributed by atoms with van der Waals surface area (Å²) in [5, 5.41) is 13.9. The van der Waals surface area contributed by atoms with Crippen molar-refractivity contribution < 1.29 is 33.4 Å². The fourth-order valence-electron chi connectivity index (χ4n) is 9.59. The minimum absolute atomic E-state index is 0.0000284. The highest BCUT2D eigenvalue weighted by molar-refractivity contribution is 8.77. The van der Waals surface area contributed by atoms with Gasteiger partial charge in [0.15, 0.2) is 11.2 Å². The first-order chi connectivity index (χ1) is 26.0. The molecule has 54 heavy (non-hydrogen) atoms. The molecule has 1 saturated carbocycles. The zero-order valence-electron chi connectivity index (χ0n) is 30.4. The number of nitrogens with one attached hydrogen (secondary N) is 1. The van der Waals surface area contributed by atoms with Crippen molar-refractivity contribution in [2.45, 2.75) is 80.4 Å². The van der Waals surface area contributed by atoms with Crippen molar-refractivity contribution in [3.63, 3.8) is 0 Å². The molecular weight excluding hydrogens is 729 g/mol. The summed E-state index contributed by atoms with van der Waals surface area (Å²) in [5.41, 5.74) is 7.54. The third kappa shape index (κ3) is 5.96. The highest BCUT2D eigenvalue weighted by Crippen LogP contribution is 2.59. The molecule has 8 rings (SSSR count). The fourth-order valence-corrected chi connectivity index (χ4v) is 12.7. The standard InChI is InChI=1S/C40H44N4O8S2/c1-4-21(8-10-45)38(49)52-39(2)9-7-23-20-53-54-31-12-26(19-46)36(42-3)28-18-44(37(28)31)33(47)13-25-17-43-32(41)14-27(25)35(23)40(39)16-24-11-22-5-6-34(48)50-29(22)15-30(24)51-40/h4-7,11,14-15,17,19,26,28,31,35-37,42,45H,8-10,12-13,16,18,20H2,1-3H3,(H2,41,43)/b21-4+/t26-,28-,31-,35+,36+,37-,39-,40-/m1/s1. The summed E-state index contributed by atoms with van der Waals surface area (Å²) in [6.07, 6.45) is 8.04. The predicted molar refractivity (Wildman–Crippen MR) is 207 cm³/mol. The van der Waals surface area contributed by atoms with Crippen LogP contribution in [0.2, 0.25) is 0 Å². The number of carbonyl (C=O) groups excluding carboxylic acids is 3. The Labute approximate surface area is 320 Å². The van der Waals surface area contributed by atoms with E-state index in [1.807, 2.05) is 31.0 Å². The van der Waals surface area contributed by atoms with Crippen LogP contribution >= 0.6 is 21.6 Å². The Kier molecular flexibility index (Phi) is 9.68. The topological polar surface area (TPSA) is 174 Å². The smallest absolute Gasteiger partial charge is 0.336 e. The number of nitrogens with two attached hydrogens (primary N) is 1. The van der Waals surface area contributed by atoms with Gasteiger partial charge in [0.25, 0.3) is 0 Å². The van der Waals surface area contributed by atoms with E-state index in [0.29, 0.717) is 54.0 Å². The van der Waals surface area contributed by atoms with Gasteiger partial charge in [0.2, 0.25) is 5.91 Å². The van der Waals surface area contributed by atoms with E-state index < -0.39 is 28.7 Å². The molecule has 12 nitrogen and oxygen atoms in total. The maximum absolute atomic E-state index is 14.4. The Morgan fingerprint density at radius 3 is 2.83 bits per heavy atom. The van der Waals surface area contributed by atoms with Gasteiger partial charge < -0.3 is 39.7 Å². The molecule has 5 heterocycles. The van der Waals surface area contributed by atoms with Crippen LogP contribution in [-0.4, -0.2) is 87.6 Å². The summed E-state index contributed by atoms with van der Waals surface area (Å²) in [5.74, 6) is 0.272. The van der Waals surface area contributed by atoms with Gasteiger partial charge in [-0.05, 0) is 62.2 Å². The van der Waals surface area contributed by atoms with Crippen molar-refractivity contribution in [1.82, 2.24) is 15.2 Å². The number of aldehydes is 1. The summed E-state index contributed by atoms with van der Waals surface area (Å²) in [6.45, 7) is 3.97. The number of rotatable bonds is 6. The number of ether oxygens (including phenoxy) is 2. The molecule has 0 radical (unpaired) electrons. The molecule has 8 atom stereocenters. The number of esters is 1. The van der Waals surface area contributed by atoms with Gasteiger partial charge in [-0.2, -0.15) is 0 Å². The third-order valence-corrected chi connectivity index (χ3v) is 15.1. The molecular formula is C40H44N4O8S2. The monoisotopic (exact) mass is 772 g/mol. The number of benzene rings is 1. The number of nitrogen functional groups attached to an aromatic ring is 1. The van der Waals surface area contributed by atoms with E-state index in [4.69, 9.17) is 19.6 Å². The van der Waals surface area contributed by atoms with Crippen molar-refractivity contribution in [3.8, 4) is 5.75 Å². The van der Waals surface area contributed by atoms with Crippen LogP contribution in [0.5, 0.6) is 5.75 Å². The summed E-state index contributed by atoms with van der Waals surface area (Å²) < 4.78 is 19.3. The molecule has 2 fully saturated rings. The number of fused-ring (bicyclic) bond motifs is 6. The zero-order valence-corrected chi connectivity index (χ0v) is 32.0. The number of aromatic nitrogens is 1. The summed E-state index contributed by atoms with van der Waals surface area (Å²) in [4.78, 5) is 59.2. The number of allylic oxidation sites excluding steroid dienone is 1. The highest BCUT2D eigenvalue weighted by atomic mass is 33.1. The SMILES string of the molecule is C/C=C(\CCO)C(=O)O[C@]1(C)CC=C2CSS[C@@H]3C[C@H](C=O)[C@H](NC)[C@H]4CN(C(=O)Cc5cnc(N)cc5[C@H]2[C@]12Cc1cc5ccc(=O)oc5cc1O2)[C@H]43. The second-order valence-corrected chi connectivity index (χ2v) is 17.8. The minimum atomic E-state index is -1.26. The Morgan fingerprint density at radius 2 is 2.07 bits per heavy atom. The van der Waals surface area contributed by atoms with Gasteiger partial charge in [-0.3, -0.25) is 4.79 Å². The molecule has 0 bridgehead atoms. The molecule has 284 valence electrons. The number of nitrogens with zero attached hydrogens (tertiary/aromatic N) is 2. The van der Waals surface area contributed by atoms with Gasteiger partial charge in [0.05, 0.1) is 18.4 Å². The van der Waals surface area contributed by atoms with Gasteiger partial charge in [-0.15, -0.1) is 0 Å². The molecule has 4 N–H and O–H groups in total. The zero-order chi connectivity index (χ0) is 37.9. The molecule has 3 aliphatic heterocycles. The lowest BCUT2D eigenvalue weighted by Crippen LogP contribution is -2.72. The van der Waals surface area contributed by atoms with Gasteiger partial charge in [0.1, 0.15) is 23.4 Å². The van der Waals surface area contributed by atoms with Gasteiger partial charge in [-0.1, -0.05) is 39.3 Å². The highest BCUT2D eigenvalue weighted by Gasteiger charge is 2.64. The molecule has 1 spiro atoms. The average Bonchev–Trinajstić information content (AvgIpc) is 3.50. The van der Waals surface area contributed by atoms with Gasteiger partial charge in [0, 0.05) is 90.6 Å². The minimum Gasteiger partial charge on any atom is -0.481 e. The molecule has 5 aliphatic rings. The average molecular weight is 773 g/mol. The van der Waals surface area contributed by atoms with Crippen LogP contribution in [-0.2, 0) is 32.0 Å². The summed E-state index contributed by atoms with van der Waals surface area (Å²) in [6, 6.07) is 8.60. The molecule has 1 aromatic carbocycles. The first kappa shape index (κ1) is 36.8. The predicted octanol–water partition coefficient (Wildman–Crippen LogP) is 4.13. The second kappa shape index (κ2) is 14.2. The number of hydrogen-bond donors (Lipinski definition) is 3. The van der Waals surface area contributed by atoms with E-state index >= 15 is 0 Å². The number of amides is 1. The Morgan fingerprint density at radius 1 is 1.24 bits per heavy atom. The molecule has 1 saturated heterocycles. The molecule has 2 aliphatic carbocycles. The normalized spacial score (nSPS) is 31.8. The van der Waals surface area contributed by atoms with Crippen molar-refractivity contribution in [1.29, 1.82) is 0 Å². The molecule has 2 aromatic heterocycles. The van der Waals surface area contributed by atoms with Crippen LogP contribution in [0.4, 0.5) is 5.82 Å². The summed E-state index contributed by atoms with van der Waals surface area (Å²) >= 11 is 0. The first-order valence-corrected chi connectivity index (χ1v) is 20.8. The van der Waals surface area contributed by atoms with E-state index in [-0.39, 0.29) is 60.3 Å². The number of anilines is 1. The molecule has 3 aromatic rings. The lowest BCUT2D eigenvalue weighted by Gasteiger charge is -2.58. The number of pyridine rings is 1. The maximum Gasteiger partial charge on any atom is 0.336 e. The van der Waals surface area contributed by atoms with Crippen LogP contribution < -0.4 is 21.4 Å². The van der Waals surface area contributed by atoms with Crippen LogP contribution in [0.1, 0.15) is 55.7 Å². The Hall–Kier alpha value is -4.11. The third-order valence-electron chi connectivity index (χ3n) is 12.3. The van der Waals surface area contributed by atoms with Crippen LogP contribution in [0.3, 0.4) is 0 Å². The number of aliphatic hydroxyl groups excluding tert-OH is 1. The first-order valence-electron chi connectivity index (χ1n) is 18.4. The Bertz CT molecular complexity index is 2160. The van der Waals surface area contributed by atoms with Crippen LogP contribution in [0, 0.1) is 11.8 Å². The van der Waals surface area contributed by atoms with E-state index in [0.717, 1.165) is 28.4 Å². The number of hydrogen-bond acceptors (Lipinski definition) is 13. The lowest BCUT2D eigenvalue weighted by molar-refractivity contribution is -0.183. The largest absolute Gasteiger partial charge is 0.481 e. The maximum atomic E-state index is 14.4. The quantitative estimate of drug-likeness (QED) is 0.0816. The van der Waals surface area contributed by atoms with E-state index in [9.17, 15) is 24.3 Å². The fraction of sp³-hybridized carbons (Fsp3) is 0.475. The molecule has 1 amide bonds. The Balaban J connectivity index is 1.28. The van der Waals surface area contributed by atoms with Gasteiger partial charge >= 0.3 is 11.6 Å². The summed E-state index contributed by atoms with van der Waals surface area (Å²) in [7, 11) is 5.32. The van der Waals surface area contributed by atoms with Crippen molar-refractivity contribution in [2.24, 2.45) is 11.8 Å². The van der Waals surface area contributed by atoms with Crippen molar-refractivity contribution in [2.75, 3.05) is 31.7 Å². The van der Waals surface area contributed by atoms with Crippen molar-refractivity contribution >= 4 is 56.5 Å². The number of carbonyl (C=O) groups is 3. The van der Waals surface area contributed by atoms with E-state index in [1.54, 1.807) is 52.9 Å². The second-order valence-electron chi connectivity index (χ2n) is 15.2.